The van der Waals surface area contributed by atoms with E-state index in [9.17, 15) is 0 Å². The van der Waals surface area contributed by atoms with Gasteiger partial charge in [-0.1, -0.05) is 71.7 Å². The van der Waals surface area contributed by atoms with E-state index in [2.05, 4.69) is 6.07 Å². The standard InChI is InChI=1S/C22H16Cl2N2O/c23-15-11-9-14(10-12-15)19-13-20-17-6-2-4-8-21(17)27-22(26(20)25-19)16-5-1-3-7-18(16)24/h1-12,20,22H,13H2/t20-,22-/m1/s1. The number of hydrogen-bond donors (Lipinski definition) is 0. The molecule has 5 rings (SSSR count). The first kappa shape index (κ1) is 16.7. The van der Waals surface area contributed by atoms with Gasteiger partial charge in [0.05, 0.1) is 11.8 Å². The van der Waals surface area contributed by atoms with Crippen LogP contribution in [0.1, 0.15) is 35.4 Å². The molecule has 3 aromatic rings. The summed E-state index contributed by atoms with van der Waals surface area (Å²) in [6.07, 6.45) is 0.451. The van der Waals surface area contributed by atoms with Crippen LogP contribution in [0.25, 0.3) is 0 Å². The second kappa shape index (κ2) is 6.59. The number of hydrogen-bond acceptors (Lipinski definition) is 3. The van der Waals surface area contributed by atoms with E-state index in [1.54, 1.807) is 0 Å². The van der Waals surface area contributed by atoms with Crippen molar-refractivity contribution >= 4 is 28.9 Å². The fraction of sp³-hybridized carbons (Fsp3) is 0.136. The summed E-state index contributed by atoms with van der Waals surface area (Å²) in [4.78, 5) is 0. The SMILES string of the molecule is Clc1ccc(C2=NN3[C@H](C2)c2ccccc2O[C@@H]3c2ccccc2Cl)cc1. The van der Waals surface area contributed by atoms with E-state index >= 15 is 0 Å². The highest BCUT2D eigenvalue weighted by Crippen LogP contribution is 2.48. The van der Waals surface area contributed by atoms with Gasteiger partial charge in [0, 0.05) is 27.6 Å². The number of ether oxygens (including phenoxy) is 1. The number of benzene rings is 3. The molecular formula is C22H16Cl2N2O. The molecule has 0 saturated heterocycles. The average Bonchev–Trinajstić information content (AvgIpc) is 3.14. The molecule has 27 heavy (non-hydrogen) atoms. The zero-order valence-electron chi connectivity index (χ0n) is 14.3. The fourth-order valence-electron chi connectivity index (χ4n) is 3.73. The maximum absolute atomic E-state index is 6.48. The van der Waals surface area contributed by atoms with E-state index < -0.39 is 0 Å². The largest absolute Gasteiger partial charge is 0.464 e. The van der Waals surface area contributed by atoms with Crippen molar-refractivity contribution in [3.63, 3.8) is 0 Å². The highest BCUT2D eigenvalue weighted by atomic mass is 35.5. The van der Waals surface area contributed by atoms with Crippen molar-refractivity contribution < 1.29 is 4.74 Å². The molecule has 5 heteroatoms. The minimum absolute atomic E-state index is 0.113. The summed E-state index contributed by atoms with van der Waals surface area (Å²) in [5, 5.41) is 8.36. The number of para-hydroxylation sites is 1. The second-order valence-corrected chi connectivity index (χ2v) is 7.53. The van der Waals surface area contributed by atoms with Crippen LogP contribution in [0, 0.1) is 0 Å². The zero-order chi connectivity index (χ0) is 18.4. The zero-order valence-corrected chi connectivity index (χ0v) is 15.9. The lowest BCUT2D eigenvalue weighted by Crippen LogP contribution is -2.33. The fourth-order valence-corrected chi connectivity index (χ4v) is 4.09. The molecular weight excluding hydrogens is 379 g/mol. The smallest absolute Gasteiger partial charge is 0.215 e. The van der Waals surface area contributed by atoms with Gasteiger partial charge in [-0.2, -0.15) is 5.10 Å². The normalized spacial score (nSPS) is 20.5. The third kappa shape index (κ3) is 2.88. The van der Waals surface area contributed by atoms with Gasteiger partial charge in [0.2, 0.25) is 6.23 Å². The van der Waals surface area contributed by atoms with Crippen LogP contribution in [0.15, 0.2) is 77.9 Å². The van der Waals surface area contributed by atoms with Crippen molar-refractivity contribution in [3.05, 3.63) is 99.5 Å². The maximum Gasteiger partial charge on any atom is 0.215 e. The van der Waals surface area contributed by atoms with Crippen LogP contribution in [0.4, 0.5) is 0 Å². The van der Waals surface area contributed by atoms with Gasteiger partial charge in [0.15, 0.2) is 0 Å². The number of nitrogens with zero attached hydrogens (tertiary/aromatic N) is 2. The van der Waals surface area contributed by atoms with E-state index in [1.807, 2.05) is 71.7 Å². The molecule has 2 aliphatic heterocycles. The van der Waals surface area contributed by atoms with Gasteiger partial charge < -0.3 is 4.74 Å². The monoisotopic (exact) mass is 394 g/mol. The van der Waals surface area contributed by atoms with Gasteiger partial charge in [-0.15, -0.1) is 0 Å². The van der Waals surface area contributed by atoms with Crippen molar-refractivity contribution in [1.82, 2.24) is 5.01 Å². The Morgan fingerprint density at radius 1 is 0.852 bits per heavy atom. The predicted octanol–water partition coefficient (Wildman–Crippen LogP) is 6.24. The Kier molecular flexibility index (Phi) is 4.07. The van der Waals surface area contributed by atoms with E-state index in [0.717, 1.165) is 39.6 Å². The minimum atomic E-state index is -0.358. The van der Waals surface area contributed by atoms with Crippen molar-refractivity contribution in [1.29, 1.82) is 0 Å². The Hall–Kier alpha value is -2.49. The van der Waals surface area contributed by atoms with E-state index in [4.69, 9.17) is 33.0 Å². The molecule has 2 heterocycles. The predicted molar refractivity (Wildman–Crippen MR) is 108 cm³/mol. The third-order valence-corrected chi connectivity index (χ3v) is 5.64. The first-order valence-corrected chi connectivity index (χ1v) is 9.58. The highest BCUT2D eigenvalue weighted by molar-refractivity contribution is 6.31. The molecule has 0 unspecified atom stereocenters. The van der Waals surface area contributed by atoms with Crippen LogP contribution < -0.4 is 4.74 Å². The first-order valence-electron chi connectivity index (χ1n) is 8.82. The molecule has 3 nitrogen and oxygen atoms in total. The van der Waals surface area contributed by atoms with Crippen LogP contribution in [0.3, 0.4) is 0 Å². The average molecular weight is 395 g/mol. The third-order valence-electron chi connectivity index (χ3n) is 5.05. The van der Waals surface area contributed by atoms with E-state index in [1.165, 1.54) is 0 Å². The summed E-state index contributed by atoms with van der Waals surface area (Å²) in [7, 11) is 0. The van der Waals surface area contributed by atoms with Crippen LogP contribution >= 0.6 is 23.2 Å². The van der Waals surface area contributed by atoms with Gasteiger partial charge in [-0.3, -0.25) is 0 Å². The van der Waals surface area contributed by atoms with Gasteiger partial charge in [-0.25, -0.2) is 5.01 Å². The second-order valence-electron chi connectivity index (χ2n) is 6.68. The van der Waals surface area contributed by atoms with Gasteiger partial charge in [0.1, 0.15) is 5.75 Å². The Morgan fingerprint density at radius 3 is 2.33 bits per heavy atom. The lowest BCUT2D eigenvalue weighted by atomic mass is 9.96. The first-order chi connectivity index (χ1) is 13.2. The Labute approximate surface area is 167 Å². The highest BCUT2D eigenvalue weighted by Gasteiger charge is 2.41. The quantitative estimate of drug-likeness (QED) is 0.513. The molecule has 0 N–H and O–H groups in total. The molecule has 0 fully saturated rings. The molecule has 2 aliphatic rings. The Morgan fingerprint density at radius 2 is 1.56 bits per heavy atom. The number of halogens is 2. The number of rotatable bonds is 2. The lowest BCUT2D eigenvalue weighted by Gasteiger charge is -2.38. The van der Waals surface area contributed by atoms with Crippen molar-refractivity contribution in [2.75, 3.05) is 0 Å². The van der Waals surface area contributed by atoms with Crippen LogP contribution in [0.2, 0.25) is 10.0 Å². The Balaban J connectivity index is 1.61. The van der Waals surface area contributed by atoms with Crippen LogP contribution in [0.5, 0.6) is 5.75 Å². The molecule has 0 amide bonds. The van der Waals surface area contributed by atoms with Gasteiger partial charge in [-0.05, 0) is 29.8 Å². The van der Waals surface area contributed by atoms with Crippen molar-refractivity contribution in [3.8, 4) is 5.75 Å². The van der Waals surface area contributed by atoms with Crippen molar-refractivity contribution in [2.24, 2.45) is 5.10 Å². The molecule has 2 atom stereocenters. The van der Waals surface area contributed by atoms with Crippen LogP contribution in [-0.2, 0) is 0 Å². The summed E-state index contributed by atoms with van der Waals surface area (Å²) in [6, 6.07) is 23.8. The molecule has 0 radical (unpaired) electrons. The number of fused-ring (bicyclic) bond motifs is 3. The molecule has 0 aromatic heterocycles. The number of hydrazone groups is 1. The minimum Gasteiger partial charge on any atom is -0.464 e. The van der Waals surface area contributed by atoms with E-state index in [-0.39, 0.29) is 12.3 Å². The maximum atomic E-state index is 6.48. The van der Waals surface area contributed by atoms with E-state index in [0.29, 0.717) is 5.02 Å². The van der Waals surface area contributed by atoms with Crippen LogP contribution in [-0.4, -0.2) is 10.7 Å². The molecule has 0 saturated carbocycles. The lowest BCUT2D eigenvalue weighted by molar-refractivity contribution is -0.0189. The summed E-state index contributed by atoms with van der Waals surface area (Å²) in [5.41, 5.74) is 4.16. The molecule has 3 aromatic carbocycles. The van der Waals surface area contributed by atoms with Gasteiger partial charge >= 0.3 is 0 Å². The summed E-state index contributed by atoms with van der Waals surface area (Å²) in [6.45, 7) is 0. The summed E-state index contributed by atoms with van der Waals surface area (Å²) >= 11 is 12.5. The Bertz CT molecular complexity index is 1030. The molecule has 0 spiro atoms. The molecule has 0 bridgehead atoms. The van der Waals surface area contributed by atoms with Crippen molar-refractivity contribution in [2.45, 2.75) is 18.7 Å². The molecule has 0 aliphatic carbocycles. The summed E-state index contributed by atoms with van der Waals surface area (Å²) in [5.74, 6) is 0.885. The molecule has 134 valence electrons. The van der Waals surface area contributed by atoms with Gasteiger partial charge in [0.25, 0.3) is 0 Å². The summed E-state index contributed by atoms with van der Waals surface area (Å²) < 4.78 is 6.33. The topological polar surface area (TPSA) is 24.8 Å².